The summed E-state index contributed by atoms with van der Waals surface area (Å²) in [5, 5.41) is 26.8. The zero-order valence-corrected chi connectivity index (χ0v) is 17.1. The number of rotatable bonds is 5. The Morgan fingerprint density at radius 3 is 1.46 bits per heavy atom. The van der Waals surface area contributed by atoms with Gasteiger partial charge in [0.15, 0.2) is 0 Å². The molecule has 0 spiro atoms. The van der Waals surface area contributed by atoms with E-state index in [9.17, 15) is 14.7 Å². The van der Waals surface area contributed by atoms with Crippen molar-refractivity contribution in [3.63, 3.8) is 0 Å². The minimum absolute atomic E-state index is 0.0222. The summed E-state index contributed by atoms with van der Waals surface area (Å²) in [5.41, 5.74) is -0.448. The van der Waals surface area contributed by atoms with E-state index in [4.69, 9.17) is 10.2 Å². The predicted molar refractivity (Wildman–Crippen MR) is 101 cm³/mol. The summed E-state index contributed by atoms with van der Waals surface area (Å²) in [6, 6.07) is 0. The van der Waals surface area contributed by atoms with Crippen LogP contribution in [-0.2, 0) is 19.1 Å². The molecule has 0 aliphatic heterocycles. The Hall–Kier alpha value is -1.70. The molecular formula is C19H36O7. The number of aliphatic hydroxyl groups excluding tert-OH is 3. The van der Waals surface area contributed by atoms with Gasteiger partial charge in [0.1, 0.15) is 6.61 Å². The summed E-state index contributed by atoms with van der Waals surface area (Å²) in [6.45, 7) is 17.5. The maximum absolute atomic E-state index is 10.6. The molecule has 0 fully saturated rings. The lowest BCUT2D eigenvalue weighted by atomic mass is 9.90. The van der Waals surface area contributed by atoms with Crippen molar-refractivity contribution in [3.8, 4) is 0 Å². The smallest absolute Gasteiger partial charge is 0.330 e. The van der Waals surface area contributed by atoms with Crippen LogP contribution in [-0.4, -0.2) is 59.8 Å². The van der Waals surface area contributed by atoms with E-state index < -0.39 is 24.1 Å². The molecule has 154 valence electrons. The Morgan fingerprint density at radius 1 is 0.923 bits per heavy atom. The van der Waals surface area contributed by atoms with Crippen molar-refractivity contribution in [2.24, 2.45) is 10.8 Å². The summed E-state index contributed by atoms with van der Waals surface area (Å²) in [7, 11) is 1.31. The van der Waals surface area contributed by atoms with Crippen LogP contribution in [0.5, 0.6) is 0 Å². The average Bonchev–Trinajstić information content (AvgIpc) is 2.56. The van der Waals surface area contributed by atoms with Gasteiger partial charge in [-0.25, -0.2) is 9.59 Å². The van der Waals surface area contributed by atoms with Crippen LogP contribution in [0.25, 0.3) is 0 Å². The lowest BCUT2D eigenvalue weighted by Gasteiger charge is -2.24. The number of hydrogen-bond acceptors (Lipinski definition) is 7. The van der Waals surface area contributed by atoms with Crippen LogP contribution in [0.1, 0.15) is 41.5 Å². The second-order valence-corrected chi connectivity index (χ2v) is 7.51. The number of carbonyl (C=O) groups is 2. The van der Waals surface area contributed by atoms with Crippen LogP contribution in [0.3, 0.4) is 0 Å². The number of ether oxygens (including phenoxy) is 2. The van der Waals surface area contributed by atoms with Gasteiger partial charge < -0.3 is 24.8 Å². The molecule has 26 heavy (non-hydrogen) atoms. The summed E-state index contributed by atoms with van der Waals surface area (Å²) in [6.07, 6.45) is 0.957. The summed E-state index contributed by atoms with van der Waals surface area (Å²) < 4.78 is 8.81. The Labute approximate surface area is 157 Å². The fourth-order valence-electron chi connectivity index (χ4n) is 0.827. The van der Waals surface area contributed by atoms with Gasteiger partial charge in [-0.3, -0.25) is 0 Å². The highest BCUT2D eigenvalue weighted by Crippen LogP contribution is 2.19. The molecule has 2 atom stereocenters. The molecule has 0 aliphatic carbocycles. The van der Waals surface area contributed by atoms with E-state index in [0.717, 1.165) is 12.2 Å². The Morgan fingerprint density at radius 2 is 1.31 bits per heavy atom. The zero-order chi connectivity index (χ0) is 21.6. The molecule has 0 bridgehead atoms. The van der Waals surface area contributed by atoms with Crippen molar-refractivity contribution in [1.82, 2.24) is 0 Å². The molecule has 0 radical (unpaired) electrons. The van der Waals surface area contributed by atoms with Gasteiger partial charge in [0.25, 0.3) is 0 Å². The third kappa shape index (κ3) is 18.6. The van der Waals surface area contributed by atoms with Crippen LogP contribution in [0, 0.1) is 10.8 Å². The van der Waals surface area contributed by atoms with Gasteiger partial charge in [-0.05, 0) is 10.8 Å². The molecule has 0 heterocycles. The zero-order valence-electron chi connectivity index (χ0n) is 17.1. The van der Waals surface area contributed by atoms with E-state index in [2.05, 4.69) is 22.6 Å². The summed E-state index contributed by atoms with van der Waals surface area (Å²) in [4.78, 5) is 20.4. The molecule has 3 N–H and O–H groups in total. The molecular weight excluding hydrogens is 340 g/mol. The molecule has 0 aromatic carbocycles. The number of esters is 2. The Bertz CT molecular complexity index is 417. The van der Waals surface area contributed by atoms with E-state index in [1.54, 1.807) is 0 Å². The highest BCUT2D eigenvalue weighted by Gasteiger charge is 2.23. The molecule has 7 heteroatoms. The van der Waals surface area contributed by atoms with E-state index in [0.29, 0.717) is 0 Å². The van der Waals surface area contributed by atoms with E-state index in [-0.39, 0.29) is 24.0 Å². The first kappa shape index (κ1) is 29.1. The molecule has 0 aromatic heterocycles. The number of methoxy groups -OCH3 is 1. The quantitative estimate of drug-likeness (QED) is 0.496. The molecule has 0 aliphatic rings. The van der Waals surface area contributed by atoms with Crippen LogP contribution in [0.2, 0.25) is 0 Å². The predicted octanol–water partition coefficient (Wildman–Crippen LogP) is 1.85. The van der Waals surface area contributed by atoms with Crippen LogP contribution >= 0.6 is 0 Å². The molecule has 0 rings (SSSR count). The molecule has 7 nitrogen and oxygen atoms in total. The van der Waals surface area contributed by atoms with Crippen molar-refractivity contribution in [3.05, 3.63) is 25.3 Å². The van der Waals surface area contributed by atoms with Gasteiger partial charge in [-0.15, -0.1) is 0 Å². The minimum atomic E-state index is -0.638. The lowest BCUT2D eigenvalue weighted by Crippen LogP contribution is -2.31. The Kier molecular flexibility index (Phi) is 16.2. The summed E-state index contributed by atoms with van der Waals surface area (Å²) >= 11 is 0. The normalized spacial score (nSPS) is 12.8. The van der Waals surface area contributed by atoms with Gasteiger partial charge in [-0.2, -0.15) is 0 Å². The van der Waals surface area contributed by atoms with Crippen LogP contribution < -0.4 is 0 Å². The van der Waals surface area contributed by atoms with Crippen molar-refractivity contribution >= 4 is 11.9 Å². The first-order chi connectivity index (χ1) is 11.7. The number of carbonyl (C=O) groups excluding carboxylic acids is 2. The van der Waals surface area contributed by atoms with Gasteiger partial charge in [0.05, 0.1) is 25.9 Å². The number of aliphatic hydroxyl groups is 3. The van der Waals surface area contributed by atoms with Gasteiger partial charge >= 0.3 is 11.9 Å². The molecule has 2 unspecified atom stereocenters. The Balaban J connectivity index is -0.000000328. The van der Waals surface area contributed by atoms with Crippen molar-refractivity contribution in [2.45, 2.75) is 53.8 Å². The molecule has 0 saturated heterocycles. The van der Waals surface area contributed by atoms with Crippen LogP contribution in [0.15, 0.2) is 25.3 Å². The van der Waals surface area contributed by atoms with Crippen molar-refractivity contribution in [2.75, 3.05) is 20.3 Å². The first-order valence-electron chi connectivity index (χ1n) is 8.13. The van der Waals surface area contributed by atoms with Crippen molar-refractivity contribution < 1.29 is 34.4 Å². The summed E-state index contributed by atoms with van der Waals surface area (Å²) in [5.74, 6) is -0.895. The second kappa shape index (κ2) is 14.5. The maximum atomic E-state index is 10.6. The van der Waals surface area contributed by atoms with Gasteiger partial charge in [-0.1, -0.05) is 54.7 Å². The SMILES string of the molecule is C=CC(=O)OC.C=CC(=O)OCC(O)C(C)(C)C.CC(C)(C)C(O)CO. The second-order valence-electron chi connectivity index (χ2n) is 7.51. The average molecular weight is 376 g/mol. The van der Waals surface area contributed by atoms with Crippen LogP contribution in [0.4, 0.5) is 0 Å². The standard InChI is InChI=1S/C9H16O3.C6H14O2.C4H6O2/c1-5-8(11)12-6-7(10)9(2,3)4;1-6(2,3)5(8)4-7;1-3-4(5)6-2/h5,7,10H,1,6H2,2-4H3;5,7-8H,4H2,1-3H3;3H,1H2,2H3. The highest BCUT2D eigenvalue weighted by molar-refractivity contribution is 5.81. The third-order valence-corrected chi connectivity index (χ3v) is 3.09. The lowest BCUT2D eigenvalue weighted by molar-refractivity contribution is -0.142. The van der Waals surface area contributed by atoms with Gasteiger partial charge in [0, 0.05) is 12.2 Å². The molecule has 0 amide bonds. The first-order valence-corrected chi connectivity index (χ1v) is 8.13. The molecule has 0 aromatic rings. The highest BCUT2D eigenvalue weighted by atomic mass is 16.5. The monoisotopic (exact) mass is 376 g/mol. The third-order valence-electron chi connectivity index (χ3n) is 3.09. The fourth-order valence-corrected chi connectivity index (χ4v) is 0.827. The fraction of sp³-hybridized carbons (Fsp3) is 0.684. The van der Waals surface area contributed by atoms with E-state index in [1.807, 2.05) is 41.5 Å². The largest absolute Gasteiger partial charge is 0.466 e. The van der Waals surface area contributed by atoms with Gasteiger partial charge in [0.2, 0.25) is 0 Å². The van der Waals surface area contributed by atoms with Crippen molar-refractivity contribution in [1.29, 1.82) is 0 Å². The maximum Gasteiger partial charge on any atom is 0.330 e. The number of hydrogen-bond donors (Lipinski definition) is 3. The topological polar surface area (TPSA) is 113 Å². The molecule has 0 saturated carbocycles. The van der Waals surface area contributed by atoms with E-state index >= 15 is 0 Å². The van der Waals surface area contributed by atoms with E-state index in [1.165, 1.54) is 7.11 Å². The minimum Gasteiger partial charge on any atom is -0.466 e.